The zero-order valence-electron chi connectivity index (χ0n) is 10.9. The minimum atomic E-state index is -0.315. The topological polar surface area (TPSA) is 35.8 Å². The van der Waals surface area contributed by atoms with E-state index in [0.717, 1.165) is 18.1 Å². The molecule has 0 amide bonds. The molecular weight excluding hydrogens is 216 g/mol. The summed E-state index contributed by atoms with van der Waals surface area (Å²) in [6.07, 6.45) is 3.43. The summed E-state index contributed by atoms with van der Waals surface area (Å²) < 4.78 is 0. The molecule has 2 atom stereocenters. The molecule has 0 radical (unpaired) electrons. The van der Waals surface area contributed by atoms with Gasteiger partial charge in [0, 0.05) is 11.3 Å². The molecule has 0 heterocycles. The Morgan fingerprint density at radius 2 is 2.06 bits per heavy atom. The largest absolute Gasteiger partial charge is 0.297 e. The van der Waals surface area contributed by atoms with Crippen molar-refractivity contribution in [3.8, 4) is 6.07 Å². The fourth-order valence-electron chi connectivity index (χ4n) is 1.48. The van der Waals surface area contributed by atoms with Crippen molar-refractivity contribution in [1.82, 2.24) is 5.32 Å². The third kappa shape index (κ3) is 4.76. The average Bonchev–Trinajstić information content (AvgIpc) is 3.01. The van der Waals surface area contributed by atoms with Crippen LogP contribution in [0.2, 0.25) is 0 Å². The van der Waals surface area contributed by atoms with Gasteiger partial charge in [-0.25, -0.2) is 0 Å². The zero-order valence-corrected chi connectivity index (χ0v) is 11.7. The average molecular weight is 240 g/mol. The first-order chi connectivity index (χ1) is 7.47. The standard InChI is InChI=1S/C13H24N2S/c1-10(2)11(3)16-8-7-13(4,9-14)15-12-5-6-12/h10-12,15H,5-8H2,1-4H3. The van der Waals surface area contributed by atoms with E-state index in [9.17, 15) is 5.26 Å². The second-order valence-electron chi connectivity index (χ2n) is 5.43. The van der Waals surface area contributed by atoms with Crippen LogP contribution in [0.4, 0.5) is 0 Å². The van der Waals surface area contributed by atoms with Crippen molar-refractivity contribution in [1.29, 1.82) is 5.26 Å². The molecule has 0 bridgehead atoms. The summed E-state index contributed by atoms with van der Waals surface area (Å²) in [5.74, 6) is 1.79. The van der Waals surface area contributed by atoms with Crippen molar-refractivity contribution in [2.45, 2.75) is 63.8 Å². The third-order valence-corrected chi connectivity index (χ3v) is 4.78. The number of hydrogen-bond donors (Lipinski definition) is 1. The van der Waals surface area contributed by atoms with Crippen LogP contribution in [0.15, 0.2) is 0 Å². The Kier molecular flexibility index (Phi) is 5.14. The molecule has 0 aromatic heterocycles. The van der Waals surface area contributed by atoms with Crippen molar-refractivity contribution >= 4 is 11.8 Å². The quantitative estimate of drug-likeness (QED) is 0.742. The Bertz CT molecular complexity index is 255. The van der Waals surface area contributed by atoms with Crippen LogP contribution in [-0.2, 0) is 0 Å². The summed E-state index contributed by atoms with van der Waals surface area (Å²) >= 11 is 1.98. The zero-order chi connectivity index (χ0) is 12.2. The molecule has 0 aliphatic heterocycles. The second kappa shape index (κ2) is 5.93. The normalized spacial score (nSPS) is 21.5. The Morgan fingerprint density at radius 3 is 2.50 bits per heavy atom. The second-order valence-corrected chi connectivity index (χ2v) is 6.92. The Labute approximate surface area is 104 Å². The first-order valence-electron chi connectivity index (χ1n) is 6.27. The maximum atomic E-state index is 9.21. The van der Waals surface area contributed by atoms with Gasteiger partial charge in [-0.3, -0.25) is 5.32 Å². The van der Waals surface area contributed by atoms with Crippen LogP contribution < -0.4 is 5.32 Å². The molecule has 1 aliphatic carbocycles. The van der Waals surface area contributed by atoms with Crippen LogP contribution in [0.25, 0.3) is 0 Å². The molecule has 1 N–H and O–H groups in total. The monoisotopic (exact) mass is 240 g/mol. The molecule has 1 aliphatic rings. The molecule has 0 spiro atoms. The van der Waals surface area contributed by atoms with Crippen molar-refractivity contribution in [3.05, 3.63) is 0 Å². The highest BCUT2D eigenvalue weighted by atomic mass is 32.2. The first-order valence-corrected chi connectivity index (χ1v) is 7.32. The van der Waals surface area contributed by atoms with Crippen molar-refractivity contribution < 1.29 is 0 Å². The smallest absolute Gasteiger partial charge is 0.104 e. The van der Waals surface area contributed by atoms with Crippen molar-refractivity contribution in [3.63, 3.8) is 0 Å². The molecule has 3 heteroatoms. The summed E-state index contributed by atoms with van der Waals surface area (Å²) in [6.45, 7) is 8.81. The van der Waals surface area contributed by atoms with E-state index in [-0.39, 0.29) is 5.54 Å². The highest BCUT2D eigenvalue weighted by Gasteiger charge is 2.32. The molecule has 0 aromatic rings. The summed E-state index contributed by atoms with van der Waals surface area (Å²) in [6, 6.07) is 3.04. The molecule has 2 unspecified atom stereocenters. The number of hydrogen-bond acceptors (Lipinski definition) is 3. The predicted molar refractivity (Wildman–Crippen MR) is 71.6 cm³/mol. The molecule has 0 aromatic carbocycles. The van der Waals surface area contributed by atoms with Gasteiger partial charge in [-0.1, -0.05) is 20.8 Å². The molecule has 2 nitrogen and oxygen atoms in total. The van der Waals surface area contributed by atoms with Crippen LogP contribution >= 0.6 is 11.8 Å². The molecule has 16 heavy (non-hydrogen) atoms. The number of nitrogens with one attached hydrogen (secondary N) is 1. The molecular formula is C13H24N2S. The fraction of sp³-hybridized carbons (Fsp3) is 0.923. The van der Waals surface area contributed by atoms with Gasteiger partial charge in [0.05, 0.1) is 6.07 Å². The van der Waals surface area contributed by atoms with Gasteiger partial charge in [0.2, 0.25) is 0 Å². The predicted octanol–water partition coefficient (Wildman–Crippen LogP) is 3.19. The van der Waals surface area contributed by atoms with E-state index in [2.05, 4.69) is 32.2 Å². The summed E-state index contributed by atoms with van der Waals surface area (Å²) in [5, 5.41) is 13.3. The number of thioether (sulfide) groups is 1. The highest BCUT2D eigenvalue weighted by Crippen LogP contribution is 2.26. The first kappa shape index (κ1) is 13.9. The molecule has 92 valence electrons. The lowest BCUT2D eigenvalue weighted by Crippen LogP contribution is -2.42. The summed E-state index contributed by atoms with van der Waals surface area (Å²) in [5.41, 5.74) is -0.315. The van der Waals surface area contributed by atoms with E-state index >= 15 is 0 Å². The number of nitriles is 1. The fourth-order valence-corrected chi connectivity index (χ4v) is 2.76. The van der Waals surface area contributed by atoms with Gasteiger partial charge >= 0.3 is 0 Å². The van der Waals surface area contributed by atoms with Gasteiger partial charge in [0.1, 0.15) is 5.54 Å². The van der Waals surface area contributed by atoms with Crippen LogP contribution in [-0.4, -0.2) is 22.6 Å². The van der Waals surface area contributed by atoms with E-state index in [1.807, 2.05) is 18.7 Å². The lowest BCUT2D eigenvalue weighted by molar-refractivity contribution is 0.433. The number of rotatable bonds is 7. The molecule has 1 rings (SSSR count). The molecule has 0 saturated heterocycles. The lowest BCUT2D eigenvalue weighted by atomic mass is 10.0. The molecule has 1 saturated carbocycles. The van der Waals surface area contributed by atoms with Crippen LogP contribution in [0, 0.1) is 17.2 Å². The minimum absolute atomic E-state index is 0.315. The van der Waals surface area contributed by atoms with Crippen LogP contribution in [0.3, 0.4) is 0 Å². The van der Waals surface area contributed by atoms with Gasteiger partial charge in [0.25, 0.3) is 0 Å². The van der Waals surface area contributed by atoms with Crippen LogP contribution in [0.5, 0.6) is 0 Å². The maximum Gasteiger partial charge on any atom is 0.104 e. The van der Waals surface area contributed by atoms with E-state index in [1.165, 1.54) is 12.8 Å². The van der Waals surface area contributed by atoms with Crippen molar-refractivity contribution in [2.24, 2.45) is 5.92 Å². The van der Waals surface area contributed by atoms with E-state index in [1.54, 1.807) is 0 Å². The summed E-state index contributed by atoms with van der Waals surface area (Å²) in [4.78, 5) is 0. The lowest BCUT2D eigenvalue weighted by Gasteiger charge is -2.24. The van der Waals surface area contributed by atoms with Gasteiger partial charge in [0.15, 0.2) is 0 Å². The number of nitrogens with zero attached hydrogens (tertiary/aromatic N) is 1. The maximum absolute atomic E-state index is 9.21. The van der Waals surface area contributed by atoms with E-state index in [0.29, 0.717) is 11.3 Å². The highest BCUT2D eigenvalue weighted by molar-refractivity contribution is 7.99. The Hall–Kier alpha value is -0.200. The minimum Gasteiger partial charge on any atom is -0.297 e. The Balaban J connectivity index is 2.25. The SMILES string of the molecule is CC(C)C(C)SCCC(C)(C#N)NC1CC1. The third-order valence-electron chi connectivity index (χ3n) is 3.27. The van der Waals surface area contributed by atoms with Crippen molar-refractivity contribution in [2.75, 3.05) is 5.75 Å². The van der Waals surface area contributed by atoms with E-state index in [4.69, 9.17) is 0 Å². The van der Waals surface area contributed by atoms with Gasteiger partial charge in [-0.05, 0) is 37.9 Å². The van der Waals surface area contributed by atoms with Gasteiger partial charge in [-0.2, -0.15) is 17.0 Å². The molecule has 1 fully saturated rings. The van der Waals surface area contributed by atoms with Crippen LogP contribution in [0.1, 0.15) is 47.0 Å². The summed E-state index contributed by atoms with van der Waals surface area (Å²) in [7, 11) is 0. The van der Waals surface area contributed by atoms with Gasteiger partial charge in [-0.15, -0.1) is 0 Å². The van der Waals surface area contributed by atoms with E-state index < -0.39 is 0 Å². The Morgan fingerprint density at radius 1 is 1.44 bits per heavy atom. The van der Waals surface area contributed by atoms with Gasteiger partial charge < -0.3 is 0 Å².